The highest BCUT2D eigenvalue weighted by Gasteiger charge is 2.02. The van der Waals surface area contributed by atoms with Gasteiger partial charge in [-0.3, -0.25) is 4.68 Å². The van der Waals surface area contributed by atoms with Gasteiger partial charge in [0.2, 0.25) is 0 Å². The van der Waals surface area contributed by atoms with E-state index in [1.165, 1.54) is 12.1 Å². The van der Waals surface area contributed by atoms with Gasteiger partial charge in [-0.15, -0.1) is 0 Å². The molecule has 5 heteroatoms. The zero-order valence-corrected chi connectivity index (χ0v) is 10.0. The molecule has 0 saturated carbocycles. The zero-order chi connectivity index (χ0) is 11.4. The summed E-state index contributed by atoms with van der Waals surface area (Å²) in [7, 11) is 0. The lowest BCUT2D eigenvalue weighted by atomic mass is 10.3. The molecule has 0 fully saturated rings. The summed E-state index contributed by atoms with van der Waals surface area (Å²) in [5.41, 5.74) is 0. The molecule has 0 saturated heterocycles. The number of halogens is 2. The summed E-state index contributed by atoms with van der Waals surface area (Å²) in [6.45, 7) is 1.16. The molecular formula is C11H10BrFN2O. The van der Waals surface area contributed by atoms with Crippen molar-refractivity contribution in [1.82, 2.24) is 9.78 Å². The molecule has 0 bridgehead atoms. The lowest BCUT2D eigenvalue weighted by molar-refractivity contribution is 0.289. The van der Waals surface area contributed by atoms with E-state index in [1.807, 2.05) is 12.3 Å². The van der Waals surface area contributed by atoms with Crippen molar-refractivity contribution in [2.24, 2.45) is 0 Å². The molecule has 1 aromatic heterocycles. The highest BCUT2D eigenvalue weighted by molar-refractivity contribution is 9.10. The van der Waals surface area contributed by atoms with Crippen molar-refractivity contribution in [1.29, 1.82) is 0 Å². The zero-order valence-electron chi connectivity index (χ0n) is 8.44. The van der Waals surface area contributed by atoms with E-state index in [0.717, 1.165) is 0 Å². The van der Waals surface area contributed by atoms with E-state index >= 15 is 0 Å². The fourth-order valence-electron chi connectivity index (χ4n) is 1.27. The molecule has 0 atom stereocenters. The molecule has 0 radical (unpaired) electrons. The van der Waals surface area contributed by atoms with Crippen LogP contribution in [0.4, 0.5) is 4.39 Å². The van der Waals surface area contributed by atoms with Crippen molar-refractivity contribution in [2.75, 3.05) is 6.61 Å². The fraction of sp³-hybridized carbons (Fsp3) is 0.182. The van der Waals surface area contributed by atoms with Crippen molar-refractivity contribution in [3.8, 4) is 5.75 Å². The van der Waals surface area contributed by atoms with Crippen molar-refractivity contribution in [3.63, 3.8) is 0 Å². The van der Waals surface area contributed by atoms with Crippen molar-refractivity contribution in [3.05, 3.63) is 46.9 Å². The molecule has 0 aliphatic heterocycles. The summed E-state index contributed by atoms with van der Waals surface area (Å²) in [5, 5.41) is 4.05. The first-order valence-electron chi connectivity index (χ1n) is 4.81. The maximum Gasteiger partial charge on any atom is 0.133 e. The molecule has 0 aliphatic carbocycles. The fourth-order valence-corrected chi connectivity index (χ4v) is 1.74. The van der Waals surface area contributed by atoms with Gasteiger partial charge >= 0.3 is 0 Å². The third kappa shape index (κ3) is 2.82. The minimum Gasteiger partial charge on any atom is -0.490 e. The first-order valence-corrected chi connectivity index (χ1v) is 5.60. The molecule has 0 spiro atoms. The maximum absolute atomic E-state index is 12.8. The van der Waals surface area contributed by atoms with Crippen LogP contribution in [0.1, 0.15) is 0 Å². The molecule has 3 nitrogen and oxygen atoms in total. The number of hydrogen-bond donors (Lipinski definition) is 0. The molecule has 84 valence electrons. The molecule has 2 rings (SSSR count). The Labute approximate surface area is 101 Å². The average molecular weight is 285 g/mol. The van der Waals surface area contributed by atoms with Gasteiger partial charge < -0.3 is 4.74 Å². The van der Waals surface area contributed by atoms with Crippen LogP contribution in [0.2, 0.25) is 0 Å². The average Bonchev–Trinajstić information content (AvgIpc) is 2.74. The number of nitrogens with zero attached hydrogens (tertiary/aromatic N) is 2. The van der Waals surface area contributed by atoms with Crippen LogP contribution in [0.25, 0.3) is 0 Å². The van der Waals surface area contributed by atoms with E-state index in [9.17, 15) is 4.39 Å². The Morgan fingerprint density at radius 2 is 2.31 bits per heavy atom. The van der Waals surface area contributed by atoms with Gasteiger partial charge in [0, 0.05) is 12.4 Å². The molecule has 0 N–H and O–H groups in total. The van der Waals surface area contributed by atoms with Gasteiger partial charge in [-0.1, -0.05) is 0 Å². The minimum absolute atomic E-state index is 0.286. The van der Waals surface area contributed by atoms with E-state index in [0.29, 0.717) is 23.4 Å². The van der Waals surface area contributed by atoms with E-state index in [1.54, 1.807) is 16.9 Å². The van der Waals surface area contributed by atoms with Crippen molar-refractivity contribution < 1.29 is 9.13 Å². The van der Waals surface area contributed by atoms with E-state index in [4.69, 9.17) is 4.74 Å². The van der Waals surface area contributed by atoms with Gasteiger partial charge in [0.05, 0.1) is 11.0 Å². The van der Waals surface area contributed by atoms with Gasteiger partial charge in [-0.2, -0.15) is 5.10 Å². The normalized spacial score (nSPS) is 10.4. The summed E-state index contributed by atoms with van der Waals surface area (Å²) in [5.74, 6) is 0.347. The number of ether oxygens (including phenoxy) is 1. The second-order valence-electron chi connectivity index (χ2n) is 3.19. The van der Waals surface area contributed by atoms with Gasteiger partial charge in [-0.05, 0) is 40.2 Å². The summed E-state index contributed by atoms with van der Waals surface area (Å²) in [6.07, 6.45) is 3.58. The SMILES string of the molecule is Fc1ccc(OCCn2cccn2)c(Br)c1. The Morgan fingerprint density at radius 3 is 3.00 bits per heavy atom. The standard InChI is InChI=1S/C11H10BrFN2O/c12-10-8-9(13)2-3-11(10)16-7-6-15-5-1-4-14-15/h1-5,8H,6-7H2. The van der Waals surface area contributed by atoms with Crippen LogP contribution in [0.15, 0.2) is 41.1 Å². The summed E-state index contributed by atoms with van der Waals surface area (Å²) < 4.78 is 20.7. The quantitative estimate of drug-likeness (QED) is 0.863. The van der Waals surface area contributed by atoms with Crippen LogP contribution in [0.5, 0.6) is 5.75 Å². The smallest absolute Gasteiger partial charge is 0.133 e. The maximum atomic E-state index is 12.8. The molecule has 0 aliphatic rings. The van der Waals surface area contributed by atoms with Crippen LogP contribution in [-0.2, 0) is 6.54 Å². The summed E-state index contributed by atoms with van der Waals surface area (Å²) in [6, 6.07) is 6.20. The number of aromatic nitrogens is 2. The number of hydrogen-bond acceptors (Lipinski definition) is 2. The summed E-state index contributed by atoms with van der Waals surface area (Å²) >= 11 is 3.24. The van der Waals surface area contributed by atoms with E-state index in [-0.39, 0.29) is 5.82 Å². The molecule has 2 aromatic rings. The Hall–Kier alpha value is -1.36. The van der Waals surface area contributed by atoms with E-state index < -0.39 is 0 Å². The first kappa shape index (κ1) is 11.1. The third-order valence-corrected chi connectivity index (χ3v) is 2.65. The van der Waals surface area contributed by atoms with Crippen LogP contribution in [-0.4, -0.2) is 16.4 Å². The lowest BCUT2D eigenvalue weighted by Crippen LogP contribution is -2.08. The third-order valence-electron chi connectivity index (χ3n) is 2.03. The second-order valence-corrected chi connectivity index (χ2v) is 4.05. The van der Waals surface area contributed by atoms with Gasteiger partial charge in [0.1, 0.15) is 18.2 Å². The summed E-state index contributed by atoms with van der Waals surface area (Å²) in [4.78, 5) is 0. The van der Waals surface area contributed by atoms with Gasteiger partial charge in [0.15, 0.2) is 0 Å². The molecule has 0 unspecified atom stereocenters. The molecular weight excluding hydrogens is 275 g/mol. The monoisotopic (exact) mass is 284 g/mol. The number of rotatable bonds is 4. The second kappa shape index (κ2) is 5.12. The van der Waals surface area contributed by atoms with Crippen LogP contribution < -0.4 is 4.74 Å². The van der Waals surface area contributed by atoms with Gasteiger partial charge in [-0.25, -0.2) is 4.39 Å². The van der Waals surface area contributed by atoms with Crippen molar-refractivity contribution in [2.45, 2.75) is 6.54 Å². The predicted octanol–water partition coefficient (Wildman–Crippen LogP) is 2.86. The Kier molecular flexibility index (Phi) is 3.56. The Bertz CT molecular complexity index is 459. The van der Waals surface area contributed by atoms with Crippen molar-refractivity contribution >= 4 is 15.9 Å². The van der Waals surface area contributed by atoms with Crippen LogP contribution >= 0.6 is 15.9 Å². The van der Waals surface area contributed by atoms with E-state index in [2.05, 4.69) is 21.0 Å². The Morgan fingerprint density at radius 1 is 1.44 bits per heavy atom. The van der Waals surface area contributed by atoms with Crippen LogP contribution in [0, 0.1) is 5.82 Å². The minimum atomic E-state index is -0.286. The van der Waals surface area contributed by atoms with Gasteiger partial charge in [0.25, 0.3) is 0 Å². The predicted molar refractivity (Wildman–Crippen MR) is 61.8 cm³/mol. The highest BCUT2D eigenvalue weighted by Crippen LogP contribution is 2.25. The molecule has 1 aromatic carbocycles. The largest absolute Gasteiger partial charge is 0.490 e. The van der Waals surface area contributed by atoms with Crippen LogP contribution in [0.3, 0.4) is 0 Å². The molecule has 1 heterocycles. The lowest BCUT2D eigenvalue weighted by Gasteiger charge is -2.08. The number of benzene rings is 1. The highest BCUT2D eigenvalue weighted by atomic mass is 79.9. The Balaban J connectivity index is 1.90. The topological polar surface area (TPSA) is 27.1 Å². The first-order chi connectivity index (χ1) is 7.75. The molecule has 0 amide bonds. The molecule has 16 heavy (non-hydrogen) atoms.